The van der Waals surface area contributed by atoms with Crippen LogP contribution in [0, 0.1) is 0 Å². The second-order valence-corrected chi connectivity index (χ2v) is 12.6. The Morgan fingerprint density at radius 1 is 0.974 bits per heavy atom. The third-order valence-corrected chi connectivity index (χ3v) is 9.19. The molecule has 0 bridgehead atoms. The van der Waals surface area contributed by atoms with Gasteiger partial charge >= 0.3 is 0 Å². The third-order valence-electron chi connectivity index (χ3n) is 7.27. The van der Waals surface area contributed by atoms with Gasteiger partial charge in [-0.1, -0.05) is 64.1 Å². The van der Waals surface area contributed by atoms with Crippen LogP contribution in [0.3, 0.4) is 0 Å². The maximum Gasteiger partial charge on any atom is 0.243 e. The maximum absolute atomic E-state index is 13.7. The number of carbonyl (C=O) groups is 1. The molecule has 8 nitrogen and oxygen atoms in total. The van der Waals surface area contributed by atoms with Gasteiger partial charge in [0, 0.05) is 37.4 Å². The lowest BCUT2D eigenvalue weighted by atomic mass is 9.98. The molecular formula is C29H39N5O3S. The Labute approximate surface area is 226 Å². The van der Waals surface area contributed by atoms with E-state index in [0.29, 0.717) is 37.8 Å². The monoisotopic (exact) mass is 537 g/mol. The summed E-state index contributed by atoms with van der Waals surface area (Å²) < 4.78 is 28.8. The van der Waals surface area contributed by atoms with Gasteiger partial charge in [-0.25, -0.2) is 8.42 Å². The molecule has 0 radical (unpaired) electrons. The molecule has 1 amide bonds. The van der Waals surface area contributed by atoms with E-state index in [1.165, 1.54) is 9.87 Å². The zero-order valence-electron chi connectivity index (χ0n) is 22.6. The zero-order valence-corrected chi connectivity index (χ0v) is 23.5. The Morgan fingerprint density at radius 3 is 2.18 bits per heavy atom. The van der Waals surface area contributed by atoms with Crippen LogP contribution >= 0.6 is 0 Å². The molecule has 2 aromatic carbocycles. The molecule has 1 aromatic heterocycles. The Bertz CT molecular complexity index is 1290. The maximum atomic E-state index is 13.7. The Hall–Kier alpha value is -3.01. The zero-order chi connectivity index (χ0) is 27.3. The second-order valence-electron chi connectivity index (χ2n) is 10.7. The van der Waals surface area contributed by atoms with Crippen LogP contribution in [0.4, 0.5) is 0 Å². The van der Waals surface area contributed by atoms with Gasteiger partial charge in [-0.2, -0.15) is 9.40 Å². The van der Waals surface area contributed by atoms with Crippen molar-refractivity contribution in [2.75, 3.05) is 6.54 Å². The lowest BCUT2D eigenvalue weighted by molar-refractivity contribution is -0.126. The number of sulfonamides is 1. The third kappa shape index (κ3) is 6.70. The summed E-state index contributed by atoms with van der Waals surface area (Å²) in [5, 5.41) is 13.2. The van der Waals surface area contributed by atoms with Crippen LogP contribution in [0.25, 0.3) is 0 Å². The highest BCUT2D eigenvalue weighted by atomic mass is 32.2. The molecule has 1 aliphatic rings. The van der Waals surface area contributed by atoms with E-state index in [4.69, 9.17) is 0 Å². The fraction of sp³-hybridized carbons (Fsp3) is 0.448. The van der Waals surface area contributed by atoms with Crippen molar-refractivity contribution in [2.45, 2.75) is 82.4 Å². The number of hydrogen-bond donors (Lipinski definition) is 3. The first-order chi connectivity index (χ1) is 18.1. The van der Waals surface area contributed by atoms with Crippen LogP contribution in [0.15, 0.2) is 65.8 Å². The molecule has 2 atom stereocenters. The number of aromatic amines is 1. The number of benzene rings is 2. The topological polar surface area (TPSA) is 107 Å². The van der Waals surface area contributed by atoms with E-state index in [2.05, 4.69) is 60.7 Å². The van der Waals surface area contributed by atoms with E-state index in [0.717, 1.165) is 16.7 Å². The van der Waals surface area contributed by atoms with Crippen molar-refractivity contribution in [3.63, 3.8) is 0 Å². The van der Waals surface area contributed by atoms with E-state index in [-0.39, 0.29) is 23.4 Å². The summed E-state index contributed by atoms with van der Waals surface area (Å²) in [5.74, 6) is 0.452. The molecule has 38 heavy (non-hydrogen) atoms. The normalized spacial score (nSPS) is 18.7. The van der Waals surface area contributed by atoms with Crippen molar-refractivity contribution in [3.05, 3.63) is 83.2 Å². The van der Waals surface area contributed by atoms with Gasteiger partial charge in [-0.05, 0) is 53.5 Å². The quantitative estimate of drug-likeness (QED) is 0.358. The summed E-state index contributed by atoms with van der Waals surface area (Å²) in [6.07, 6.45) is 4.57. The van der Waals surface area contributed by atoms with Crippen molar-refractivity contribution < 1.29 is 13.2 Å². The van der Waals surface area contributed by atoms with Crippen molar-refractivity contribution in [2.24, 2.45) is 0 Å². The fourth-order valence-corrected chi connectivity index (χ4v) is 6.39. The number of nitrogens with zero attached hydrogens (tertiary/aromatic N) is 2. The average Bonchev–Trinajstić information content (AvgIpc) is 3.44. The molecule has 0 unspecified atom stereocenters. The van der Waals surface area contributed by atoms with Gasteiger partial charge < -0.3 is 10.6 Å². The molecule has 204 valence electrons. The van der Waals surface area contributed by atoms with E-state index >= 15 is 0 Å². The van der Waals surface area contributed by atoms with Crippen molar-refractivity contribution in [1.82, 2.24) is 25.1 Å². The van der Waals surface area contributed by atoms with E-state index < -0.39 is 16.1 Å². The highest BCUT2D eigenvalue weighted by molar-refractivity contribution is 7.89. The summed E-state index contributed by atoms with van der Waals surface area (Å²) >= 11 is 0. The summed E-state index contributed by atoms with van der Waals surface area (Å²) in [6.45, 7) is 9.63. The SMILES string of the molecule is CC(C)c1ccc(CNC(=O)[C@H]2C[C@H](NCc3cn[nH]c3)CCN2S(=O)(=O)c2ccc(C(C)C)cc2)cc1. The highest BCUT2D eigenvalue weighted by Crippen LogP contribution is 2.27. The molecule has 9 heteroatoms. The predicted molar refractivity (Wildman–Crippen MR) is 149 cm³/mol. The van der Waals surface area contributed by atoms with Gasteiger partial charge in [0.1, 0.15) is 6.04 Å². The number of hydrogen-bond acceptors (Lipinski definition) is 5. The van der Waals surface area contributed by atoms with Crippen LogP contribution in [-0.2, 0) is 27.9 Å². The summed E-state index contributed by atoms with van der Waals surface area (Å²) in [7, 11) is -3.85. The molecule has 0 aliphatic carbocycles. The number of piperidine rings is 1. The Balaban J connectivity index is 1.51. The first kappa shape index (κ1) is 28.0. The van der Waals surface area contributed by atoms with Gasteiger partial charge in [0.05, 0.1) is 11.1 Å². The number of rotatable bonds is 10. The summed E-state index contributed by atoms with van der Waals surface area (Å²) in [4.78, 5) is 13.7. The van der Waals surface area contributed by atoms with Gasteiger partial charge in [0.25, 0.3) is 0 Å². The highest BCUT2D eigenvalue weighted by Gasteiger charge is 2.40. The van der Waals surface area contributed by atoms with Crippen LogP contribution in [-0.4, -0.2) is 47.5 Å². The lowest BCUT2D eigenvalue weighted by Gasteiger charge is -2.38. The smallest absolute Gasteiger partial charge is 0.243 e. The molecule has 0 saturated carbocycles. The van der Waals surface area contributed by atoms with E-state index in [9.17, 15) is 13.2 Å². The minimum absolute atomic E-state index is 0.000687. The fourth-order valence-electron chi connectivity index (χ4n) is 4.78. The largest absolute Gasteiger partial charge is 0.351 e. The first-order valence-corrected chi connectivity index (χ1v) is 14.8. The average molecular weight is 538 g/mol. The number of aromatic nitrogens is 2. The number of carbonyl (C=O) groups excluding carboxylic acids is 1. The lowest BCUT2D eigenvalue weighted by Crippen LogP contribution is -2.56. The van der Waals surface area contributed by atoms with Gasteiger partial charge in [-0.15, -0.1) is 0 Å². The minimum atomic E-state index is -3.85. The van der Waals surface area contributed by atoms with Crippen molar-refractivity contribution in [1.29, 1.82) is 0 Å². The number of H-pyrrole nitrogens is 1. The van der Waals surface area contributed by atoms with Crippen LogP contribution < -0.4 is 10.6 Å². The minimum Gasteiger partial charge on any atom is -0.351 e. The van der Waals surface area contributed by atoms with Crippen LogP contribution in [0.1, 0.15) is 74.6 Å². The van der Waals surface area contributed by atoms with Gasteiger partial charge in [-0.3, -0.25) is 9.89 Å². The molecule has 3 aromatic rings. The number of nitrogens with one attached hydrogen (secondary N) is 3. The molecule has 1 fully saturated rings. The van der Waals surface area contributed by atoms with Crippen molar-refractivity contribution in [3.8, 4) is 0 Å². The molecule has 0 spiro atoms. The summed E-state index contributed by atoms with van der Waals surface area (Å²) in [5.41, 5.74) is 4.30. The molecule has 4 rings (SSSR count). The molecule has 2 heterocycles. The number of amides is 1. The standard InChI is InChI=1S/C29H39N5O3S/c1-20(2)24-7-5-22(6-8-24)16-31-29(35)28-15-26(30-17-23-18-32-33-19-23)13-14-34(28)38(36,37)27-11-9-25(10-12-27)21(3)4/h5-12,18-21,26,28,30H,13-17H2,1-4H3,(H,31,35)(H,32,33)/t26-,28-/m1/s1. The Kier molecular flexibility index (Phi) is 9.02. The summed E-state index contributed by atoms with van der Waals surface area (Å²) in [6, 6.07) is 14.4. The molecule has 1 saturated heterocycles. The molecular weight excluding hydrogens is 498 g/mol. The van der Waals surface area contributed by atoms with Crippen LogP contribution in [0.2, 0.25) is 0 Å². The Morgan fingerprint density at radius 2 is 1.61 bits per heavy atom. The van der Waals surface area contributed by atoms with Gasteiger partial charge in [0.15, 0.2) is 0 Å². The van der Waals surface area contributed by atoms with Crippen LogP contribution in [0.5, 0.6) is 0 Å². The predicted octanol–water partition coefficient (Wildman–Crippen LogP) is 4.28. The molecule has 1 aliphatic heterocycles. The van der Waals surface area contributed by atoms with Crippen molar-refractivity contribution >= 4 is 15.9 Å². The first-order valence-electron chi connectivity index (χ1n) is 13.3. The van der Waals surface area contributed by atoms with E-state index in [1.54, 1.807) is 18.3 Å². The second kappa shape index (κ2) is 12.2. The van der Waals surface area contributed by atoms with Gasteiger partial charge in [0.2, 0.25) is 15.9 Å². The molecule has 3 N–H and O–H groups in total. The van der Waals surface area contributed by atoms with E-state index in [1.807, 2.05) is 30.5 Å².